The van der Waals surface area contributed by atoms with Crippen LogP contribution in [0.15, 0.2) is 48.5 Å². The van der Waals surface area contributed by atoms with Crippen LogP contribution in [0.4, 0.5) is 0 Å². The quantitative estimate of drug-likeness (QED) is 0.207. The van der Waals surface area contributed by atoms with Crippen LogP contribution in [0.25, 0.3) is 12.2 Å². The summed E-state index contributed by atoms with van der Waals surface area (Å²) in [6, 6.07) is 15.6. The summed E-state index contributed by atoms with van der Waals surface area (Å²) in [6.45, 7) is 8.64. The molecule has 0 fully saturated rings. The minimum absolute atomic E-state index is 0.257. The summed E-state index contributed by atoms with van der Waals surface area (Å²) in [4.78, 5) is 0. The van der Waals surface area contributed by atoms with Crippen molar-refractivity contribution in [1.82, 2.24) is 0 Å². The molecule has 0 aliphatic carbocycles. The summed E-state index contributed by atoms with van der Waals surface area (Å²) in [5.74, 6) is 0. The summed E-state index contributed by atoms with van der Waals surface area (Å²) >= 11 is 0. The van der Waals surface area contributed by atoms with Gasteiger partial charge >= 0.3 is 15.2 Å². The Labute approximate surface area is 192 Å². The van der Waals surface area contributed by atoms with E-state index in [-0.39, 0.29) is 12.3 Å². The van der Waals surface area contributed by atoms with E-state index >= 15 is 0 Å². The van der Waals surface area contributed by atoms with E-state index in [2.05, 4.69) is 0 Å². The van der Waals surface area contributed by atoms with Gasteiger partial charge < -0.3 is 18.1 Å². The number of rotatable bonds is 14. The van der Waals surface area contributed by atoms with Crippen molar-refractivity contribution in [2.75, 3.05) is 26.4 Å². The van der Waals surface area contributed by atoms with Gasteiger partial charge in [0, 0.05) is 0 Å². The van der Waals surface area contributed by atoms with Crippen LogP contribution in [0.5, 0.6) is 0 Å². The Kier molecular flexibility index (Phi) is 11.1. The first kappa shape index (κ1) is 26.7. The van der Waals surface area contributed by atoms with Gasteiger partial charge in [0.05, 0.1) is 38.8 Å². The predicted octanol–water partition coefficient (Wildman–Crippen LogP) is 7.39. The average Bonchev–Trinajstić information content (AvgIpc) is 2.75. The predicted molar refractivity (Wildman–Crippen MR) is 131 cm³/mol. The molecule has 0 aliphatic rings. The molecule has 2 rings (SSSR count). The van der Waals surface area contributed by atoms with Crippen molar-refractivity contribution in [2.45, 2.75) is 40.0 Å². The van der Waals surface area contributed by atoms with E-state index in [0.29, 0.717) is 26.4 Å². The molecule has 6 nitrogen and oxygen atoms in total. The van der Waals surface area contributed by atoms with Gasteiger partial charge in [-0.25, -0.2) is 0 Å². The molecule has 0 bridgehead atoms. The first-order valence-electron chi connectivity index (χ1n) is 11.0. The van der Waals surface area contributed by atoms with Gasteiger partial charge in [-0.3, -0.25) is 9.13 Å². The van der Waals surface area contributed by atoms with Crippen molar-refractivity contribution in [3.05, 3.63) is 70.8 Å². The Morgan fingerprint density at radius 3 is 1.09 bits per heavy atom. The fourth-order valence-electron chi connectivity index (χ4n) is 3.15. The van der Waals surface area contributed by atoms with E-state index in [1.54, 1.807) is 0 Å². The smallest absolute Gasteiger partial charge is 0.309 e. The zero-order valence-corrected chi connectivity index (χ0v) is 21.1. The molecule has 2 aromatic carbocycles. The van der Waals surface area contributed by atoms with Crippen LogP contribution < -0.4 is 0 Å². The normalized spacial score (nSPS) is 12.5. The van der Waals surface area contributed by atoms with Crippen LogP contribution in [0.1, 0.15) is 49.9 Å². The fourth-order valence-corrected chi connectivity index (χ4v) is 6.56. The van der Waals surface area contributed by atoms with E-state index in [0.717, 1.165) is 22.3 Å². The largest absolute Gasteiger partial charge is 0.335 e. The number of benzene rings is 2. The minimum atomic E-state index is -3.10. The lowest BCUT2D eigenvalue weighted by Gasteiger charge is -2.17. The molecule has 0 saturated carbocycles. The van der Waals surface area contributed by atoms with Crippen molar-refractivity contribution in [3.8, 4) is 0 Å². The second kappa shape index (κ2) is 13.3. The van der Waals surface area contributed by atoms with Crippen molar-refractivity contribution in [3.63, 3.8) is 0 Å². The molecule has 0 aromatic heterocycles. The second-order valence-electron chi connectivity index (χ2n) is 7.03. The Hall–Kier alpha value is -1.52. The zero-order valence-electron chi connectivity index (χ0n) is 19.4. The van der Waals surface area contributed by atoms with Gasteiger partial charge in [-0.2, -0.15) is 0 Å². The fraction of sp³-hybridized carbons (Fsp3) is 0.417. The summed E-state index contributed by atoms with van der Waals surface area (Å²) in [5, 5.41) is 0. The van der Waals surface area contributed by atoms with Gasteiger partial charge in [0.25, 0.3) is 0 Å². The molecule has 0 atom stereocenters. The number of hydrogen-bond acceptors (Lipinski definition) is 6. The lowest BCUT2D eigenvalue weighted by Crippen LogP contribution is -1.99. The molecule has 0 aliphatic heterocycles. The zero-order chi connectivity index (χ0) is 23.5. The standard InChI is InChI=1S/C24H34O6P2/c1-5-27-31(25,28-6-2)19-23-15-11-21(12-16-23)9-10-22-13-17-24(18-14-22)20-32(26,29-7-3)30-8-4/h9-18H,5-8,19-20H2,1-4H3. The molecule has 0 N–H and O–H groups in total. The molecule has 8 heteroatoms. The minimum Gasteiger partial charge on any atom is -0.309 e. The van der Waals surface area contributed by atoms with Crippen LogP contribution in [-0.4, -0.2) is 26.4 Å². The van der Waals surface area contributed by atoms with E-state index in [1.165, 1.54) is 0 Å². The van der Waals surface area contributed by atoms with E-state index < -0.39 is 15.2 Å². The Bertz CT molecular complexity index is 840. The van der Waals surface area contributed by atoms with Gasteiger partial charge in [-0.15, -0.1) is 0 Å². The van der Waals surface area contributed by atoms with Crippen LogP contribution in [0, 0.1) is 0 Å². The molecule has 0 saturated heterocycles. The summed E-state index contributed by atoms with van der Waals surface area (Å²) < 4.78 is 46.8. The Balaban J connectivity index is 2.01. The van der Waals surface area contributed by atoms with Crippen molar-refractivity contribution in [1.29, 1.82) is 0 Å². The van der Waals surface area contributed by atoms with E-state index in [1.807, 2.05) is 88.4 Å². The van der Waals surface area contributed by atoms with E-state index in [9.17, 15) is 9.13 Å². The van der Waals surface area contributed by atoms with Crippen LogP contribution in [0.2, 0.25) is 0 Å². The van der Waals surface area contributed by atoms with Gasteiger partial charge in [0.2, 0.25) is 0 Å². The Morgan fingerprint density at radius 2 is 0.844 bits per heavy atom. The SMILES string of the molecule is CCOP(=O)(Cc1ccc(C=Cc2ccc(CP(=O)(OCC)OCC)cc2)cc1)OCC. The molecular formula is C24H34O6P2. The maximum atomic E-state index is 12.7. The monoisotopic (exact) mass is 480 g/mol. The lowest BCUT2D eigenvalue weighted by molar-refractivity contribution is 0.218. The molecule has 2 aromatic rings. The third-order valence-corrected chi connectivity index (χ3v) is 8.59. The van der Waals surface area contributed by atoms with Crippen molar-refractivity contribution in [2.24, 2.45) is 0 Å². The second-order valence-corrected chi connectivity index (χ2v) is 11.1. The third-order valence-electron chi connectivity index (χ3n) is 4.48. The van der Waals surface area contributed by atoms with Gasteiger partial charge in [0.1, 0.15) is 0 Å². The van der Waals surface area contributed by atoms with Gasteiger partial charge in [0.15, 0.2) is 0 Å². The molecule has 0 radical (unpaired) electrons. The highest BCUT2D eigenvalue weighted by atomic mass is 31.2. The van der Waals surface area contributed by atoms with Crippen molar-refractivity contribution >= 4 is 27.3 Å². The maximum absolute atomic E-state index is 12.7. The highest BCUT2D eigenvalue weighted by Crippen LogP contribution is 2.52. The van der Waals surface area contributed by atoms with Gasteiger partial charge in [-0.05, 0) is 49.9 Å². The molecule has 0 heterocycles. The highest BCUT2D eigenvalue weighted by Gasteiger charge is 2.24. The van der Waals surface area contributed by atoms with Crippen LogP contribution in [-0.2, 0) is 39.5 Å². The molecule has 0 unspecified atom stereocenters. The molecule has 0 spiro atoms. The lowest BCUT2D eigenvalue weighted by atomic mass is 10.1. The van der Waals surface area contributed by atoms with Crippen LogP contribution >= 0.6 is 15.2 Å². The van der Waals surface area contributed by atoms with E-state index in [4.69, 9.17) is 18.1 Å². The molecule has 176 valence electrons. The maximum Gasteiger partial charge on any atom is 0.335 e. The molecular weight excluding hydrogens is 446 g/mol. The molecule has 32 heavy (non-hydrogen) atoms. The first-order chi connectivity index (χ1) is 15.3. The molecule has 0 amide bonds. The topological polar surface area (TPSA) is 71.1 Å². The Morgan fingerprint density at radius 1 is 0.562 bits per heavy atom. The summed E-state index contributed by atoms with van der Waals surface area (Å²) in [7, 11) is -6.21. The first-order valence-corrected chi connectivity index (χ1v) is 14.4. The third kappa shape index (κ3) is 8.78. The van der Waals surface area contributed by atoms with Crippen molar-refractivity contribution < 1.29 is 27.2 Å². The summed E-state index contributed by atoms with van der Waals surface area (Å²) in [6.07, 6.45) is 4.53. The van der Waals surface area contributed by atoms with Crippen LogP contribution in [0.3, 0.4) is 0 Å². The highest BCUT2D eigenvalue weighted by molar-refractivity contribution is 7.53. The van der Waals surface area contributed by atoms with Gasteiger partial charge in [-0.1, -0.05) is 60.7 Å². The average molecular weight is 480 g/mol. The number of hydrogen-bond donors (Lipinski definition) is 0. The summed E-state index contributed by atoms with van der Waals surface area (Å²) in [5.41, 5.74) is 3.87.